The molecule has 13 heavy (non-hydrogen) atoms. The van der Waals surface area contributed by atoms with Gasteiger partial charge in [0.2, 0.25) is 11.9 Å². The van der Waals surface area contributed by atoms with Gasteiger partial charge >= 0.3 is 0 Å². The number of carbonyl (C=O) groups excluding carboxylic acids is 1. The molecule has 0 saturated heterocycles. The van der Waals surface area contributed by atoms with Crippen LogP contribution in [0.25, 0.3) is 0 Å². The molecule has 0 fully saturated rings. The molecule has 6 heteroatoms. The quantitative estimate of drug-likeness (QED) is 0.264. The van der Waals surface area contributed by atoms with E-state index in [2.05, 4.69) is 10.3 Å². The molecule has 0 aromatic heterocycles. The normalized spacial score (nSPS) is 14.1. The van der Waals surface area contributed by atoms with E-state index in [1.165, 1.54) is 0 Å². The van der Waals surface area contributed by atoms with E-state index in [1.54, 1.807) is 12.4 Å². The number of amides is 1. The number of hydrogen-bond donors (Lipinski definition) is 4. The Bertz CT molecular complexity index is 203. The van der Waals surface area contributed by atoms with E-state index in [-0.39, 0.29) is 17.9 Å². The van der Waals surface area contributed by atoms with Gasteiger partial charge in [0.05, 0.1) is 0 Å². The predicted octanol–water partition coefficient (Wildman–Crippen LogP) is -0.807. The van der Waals surface area contributed by atoms with Gasteiger partial charge in [0.15, 0.2) is 0 Å². The average molecular weight is 188 g/mol. The molecule has 0 heterocycles. The molecule has 1 atom stereocenters. The van der Waals surface area contributed by atoms with E-state index in [1.807, 2.05) is 13.8 Å². The van der Waals surface area contributed by atoms with Crippen LogP contribution in [0.4, 0.5) is 0 Å². The average Bonchev–Trinajstić information content (AvgIpc) is 2.02. The standard InChI is InChI=1S/C7H16N4O2/c1-4(2)9-6(12)5(3)10-7(8)11-13/h4-5,13H,1-3H3,(H,9,12)(H3,8,10,11). The van der Waals surface area contributed by atoms with Crippen molar-refractivity contribution in [3.05, 3.63) is 0 Å². The van der Waals surface area contributed by atoms with Crippen LogP contribution in [0.3, 0.4) is 0 Å². The molecular weight excluding hydrogens is 172 g/mol. The maximum Gasteiger partial charge on any atom is 0.244 e. The van der Waals surface area contributed by atoms with Gasteiger partial charge in [-0.3, -0.25) is 10.0 Å². The van der Waals surface area contributed by atoms with Crippen LogP contribution in [0.5, 0.6) is 0 Å². The lowest BCUT2D eigenvalue weighted by molar-refractivity contribution is -0.122. The number of nitrogens with two attached hydrogens (primary N) is 1. The number of carbonyl (C=O) groups is 1. The monoisotopic (exact) mass is 188 g/mol. The minimum Gasteiger partial charge on any atom is -0.368 e. The van der Waals surface area contributed by atoms with Gasteiger partial charge in [0, 0.05) is 6.04 Å². The molecule has 6 nitrogen and oxygen atoms in total. The maximum absolute atomic E-state index is 11.2. The summed E-state index contributed by atoms with van der Waals surface area (Å²) in [6, 6.07) is -0.546. The molecule has 0 radical (unpaired) electrons. The van der Waals surface area contributed by atoms with Crippen LogP contribution in [0.2, 0.25) is 0 Å². The summed E-state index contributed by atoms with van der Waals surface area (Å²) in [6.07, 6.45) is 0. The van der Waals surface area contributed by atoms with Crippen molar-refractivity contribution in [1.82, 2.24) is 10.8 Å². The van der Waals surface area contributed by atoms with Gasteiger partial charge in [-0.1, -0.05) is 0 Å². The number of nitrogens with one attached hydrogen (secondary N) is 2. The van der Waals surface area contributed by atoms with Crippen molar-refractivity contribution in [2.45, 2.75) is 32.9 Å². The van der Waals surface area contributed by atoms with Crippen molar-refractivity contribution in [1.29, 1.82) is 0 Å². The SMILES string of the molecule is CC(C)NC(=O)C(C)N=C(N)NO. The summed E-state index contributed by atoms with van der Waals surface area (Å²) < 4.78 is 0. The van der Waals surface area contributed by atoms with E-state index >= 15 is 0 Å². The van der Waals surface area contributed by atoms with Crippen LogP contribution in [0.15, 0.2) is 4.99 Å². The second-order valence-corrected chi connectivity index (χ2v) is 2.97. The van der Waals surface area contributed by atoms with Gasteiger partial charge < -0.3 is 11.1 Å². The number of aliphatic imine (C=N–C) groups is 1. The van der Waals surface area contributed by atoms with Crippen LogP contribution in [-0.2, 0) is 4.79 Å². The fraction of sp³-hybridized carbons (Fsp3) is 0.714. The first-order valence-electron chi connectivity index (χ1n) is 4.01. The third-order valence-electron chi connectivity index (χ3n) is 1.26. The van der Waals surface area contributed by atoms with E-state index in [4.69, 9.17) is 10.9 Å². The van der Waals surface area contributed by atoms with Gasteiger partial charge in [-0.15, -0.1) is 0 Å². The zero-order valence-corrected chi connectivity index (χ0v) is 8.03. The third kappa shape index (κ3) is 5.02. The second kappa shape index (κ2) is 5.36. The Morgan fingerprint density at radius 3 is 2.38 bits per heavy atom. The van der Waals surface area contributed by atoms with E-state index in [9.17, 15) is 4.79 Å². The molecule has 0 aliphatic rings. The third-order valence-corrected chi connectivity index (χ3v) is 1.26. The fourth-order valence-corrected chi connectivity index (χ4v) is 0.701. The van der Waals surface area contributed by atoms with Crippen molar-refractivity contribution in [2.75, 3.05) is 0 Å². The van der Waals surface area contributed by atoms with Crippen molar-refractivity contribution < 1.29 is 10.0 Å². The maximum atomic E-state index is 11.2. The molecule has 0 saturated carbocycles. The molecule has 0 rings (SSSR count). The first-order chi connectivity index (χ1) is 5.97. The van der Waals surface area contributed by atoms with Gasteiger partial charge in [0.1, 0.15) is 6.04 Å². The van der Waals surface area contributed by atoms with Gasteiger partial charge in [-0.2, -0.15) is 0 Å². The summed E-state index contributed by atoms with van der Waals surface area (Å²) in [7, 11) is 0. The molecule has 0 bridgehead atoms. The van der Waals surface area contributed by atoms with Crippen molar-refractivity contribution >= 4 is 11.9 Å². The zero-order chi connectivity index (χ0) is 10.4. The summed E-state index contributed by atoms with van der Waals surface area (Å²) in [4.78, 5) is 14.9. The van der Waals surface area contributed by atoms with Crippen LogP contribution in [-0.4, -0.2) is 29.2 Å². The molecule has 0 aliphatic heterocycles. The second-order valence-electron chi connectivity index (χ2n) is 2.97. The van der Waals surface area contributed by atoms with Gasteiger partial charge in [-0.05, 0) is 20.8 Å². The van der Waals surface area contributed by atoms with Crippen molar-refractivity contribution in [3.63, 3.8) is 0 Å². The Hall–Kier alpha value is -1.30. The lowest BCUT2D eigenvalue weighted by Crippen LogP contribution is -2.39. The van der Waals surface area contributed by atoms with Crippen LogP contribution >= 0.6 is 0 Å². The molecule has 0 aromatic carbocycles. The van der Waals surface area contributed by atoms with Crippen molar-refractivity contribution in [3.8, 4) is 0 Å². The number of guanidine groups is 1. The van der Waals surface area contributed by atoms with E-state index < -0.39 is 6.04 Å². The predicted molar refractivity (Wildman–Crippen MR) is 49.3 cm³/mol. The minimum absolute atomic E-state index is 0.0634. The van der Waals surface area contributed by atoms with Crippen LogP contribution < -0.4 is 16.5 Å². The first-order valence-corrected chi connectivity index (χ1v) is 4.01. The zero-order valence-electron chi connectivity index (χ0n) is 8.03. The summed E-state index contributed by atoms with van der Waals surface area (Å²) in [5, 5.41) is 11.0. The molecule has 76 valence electrons. The summed E-state index contributed by atoms with van der Waals surface area (Å²) in [6.45, 7) is 5.28. The molecule has 5 N–H and O–H groups in total. The molecule has 1 amide bonds. The Morgan fingerprint density at radius 1 is 1.46 bits per heavy atom. The topological polar surface area (TPSA) is 99.7 Å². The molecule has 1 unspecified atom stereocenters. The Morgan fingerprint density at radius 2 is 2.00 bits per heavy atom. The fourth-order valence-electron chi connectivity index (χ4n) is 0.701. The summed E-state index contributed by atoms with van der Waals surface area (Å²) >= 11 is 0. The Kier molecular flexibility index (Phi) is 4.83. The molecule has 0 spiro atoms. The van der Waals surface area contributed by atoms with Crippen molar-refractivity contribution in [2.24, 2.45) is 10.7 Å². The Balaban J connectivity index is 4.11. The molecule has 0 aromatic rings. The number of nitrogens with zero attached hydrogens (tertiary/aromatic N) is 1. The largest absolute Gasteiger partial charge is 0.368 e. The number of rotatable bonds is 3. The highest BCUT2D eigenvalue weighted by Gasteiger charge is 2.12. The van der Waals surface area contributed by atoms with E-state index in [0.717, 1.165) is 0 Å². The highest BCUT2D eigenvalue weighted by atomic mass is 16.5. The minimum atomic E-state index is -0.609. The summed E-state index contributed by atoms with van der Waals surface area (Å²) in [5.41, 5.74) is 6.80. The molecular formula is C7H16N4O2. The van der Waals surface area contributed by atoms with Crippen LogP contribution in [0.1, 0.15) is 20.8 Å². The number of hydroxylamine groups is 1. The van der Waals surface area contributed by atoms with Crippen LogP contribution in [0, 0.1) is 0 Å². The lowest BCUT2D eigenvalue weighted by Gasteiger charge is -2.11. The molecule has 0 aliphatic carbocycles. The van der Waals surface area contributed by atoms with E-state index in [0.29, 0.717) is 0 Å². The van der Waals surface area contributed by atoms with Gasteiger partial charge in [-0.25, -0.2) is 10.5 Å². The highest BCUT2D eigenvalue weighted by Crippen LogP contribution is 1.90. The lowest BCUT2D eigenvalue weighted by atomic mass is 10.3. The highest BCUT2D eigenvalue weighted by molar-refractivity contribution is 5.85. The Labute approximate surface area is 77.2 Å². The summed E-state index contributed by atoms with van der Waals surface area (Å²) in [5.74, 6) is -0.403. The smallest absolute Gasteiger partial charge is 0.244 e. The number of hydrogen-bond acceptors (Lipinski definition) is 3. The van der Waals surface area contributed by atoms with Gasteiger partial charge in [0.25, 0.3) is 0 Å². The first kappa shape index (κ1) is 11.7.